The molecule has 0 saturated heterocycles. The van der Waals surface area contributed by atoms with Crippen molar-refractivity contribution in [2.45, 2.75) is 34.1 Å². The molecule has 0 heterocycles. The van der Waals surface area contributed by atoms with Gasteiger partial charge in [0.05, 0.1) is 0 Å². The normalized spacial score (nSPS) is 17.1. The molecule has 1 aliphatic rings. The standard InChI is InChI=1S/C39H34/c1-38(2,3)39(4)22-21-34-35(25-39)37(31-20-18-27-12-6-8-14-29(27)24-31)33-16-10-9-15-32(33)36(34)30-19-17-26-11-5-7-13-28(26)23-30/h5-24H,25H2,1-4H3. The van der Waals surface area contributed by atoms with Gasteiger partial charge in [-0.2, -0.15) is 0 Å². The zero-order valence-corrected chi connectivity index (χ0v) is 23.3. The second kappa shape index (κ2) is 8.68. The highest BCUT2D eigenvalue weighted by molar-refractivity contribution is 6.11. The van der Waals surface area contributed by atoms with E-state index in [9.17, 15) is 0 Å². The number of hydrogen-bond acceptors (Lipinski definition) is 0. The minimum Gasteiger partial charge on any atom is -0.0771 e. The maximum atomic E-state index is 2.48. The molecule has 0 N–H and O–H groups in total. The van der Waals surface area contributed by atoms with Crippen molar-refractivity contribution in [1.82, 2.24) is 0 Å². The van der Waals surface area contributed by atoms with Crippen molar-refractivity contribution >= 4 is 38.4 Å². The predicted molar refractivity (Wildman–Crippen MR) is 170 cm³/mol. The second-order valence-corrected chi connectivity index (χ2v) is 12.5. The number of fused-ring (bicyclic) bond motifs is 4. The molecule has 0 nitrogen and oxygen atoms in total. The van der Waals surface area contributed by atoms with E-state index in [2.05, 4.69) is 149 Å². The summed E-state index contributed by atoms with van der Waals surface area (Å²) < 4.78 is 0. The fourth-order valence-corrected chi connectivity index (χ4v) is 6.42. The van der Waals surface area contributed by atoms with E-state index in [1.165, 1.54) is 65.7 Å². The highest BCUT2D eigenvalue weighted by atomic mass is 14.4. The molecular formula is C39H34. The van der Waals surface area contributed by atoms with Crippen molar-refractivity contribution in [2.24, 2.45) is 10.8 Å². The number of rotatable bonds is 2. The molecule has 6 aromatic carbocycles. The summed E-state index contributed by atoms with van der Waals surface area (Å²) in [6, 6.07) is 40.4. The van der Waals surface area contributed by atoms with E-state index in [4.69, 9.17) is 0 Å². The van der Waals surface area contributed by atoms with Gasteiger partial charge in [-0.15, -0.1) is 0 Å². The average molecular weight is 503 g/mol. The summed E-state index contributed by atoms with van der Waals surface area (Å²) in [5.74, 6) is 0. The van der Waals surface area contributed by atoms with Gasteiger partial charge in [-0.05, 0) is 95.1 Å². The van der Waals surface area contributed by atoms with Crippen LogP contribution in [0, 0.1) is 10.8 Å². The van der Waals surface area contributed by atoms with Gasteiger partial charge in [-0.1, -0.05) is 137 Å². The number of hydrogen-bond donors (Lipinski definition) is 0. The molecule has 0 radical (unpaired) electrons. The van der Waals surface area contributed by atoms with Crippen molar-refractivity contribution in [1.29, 1.82) is 0 Å². The molecule has 1 atom stereocenters. The summed E-state index contributed by atoms with van der Waals surface area (Å²) in [6.07, 6.45) is 5.93. The SMILES string of the molecule is CC(C)(C)C1(C)C=Cc2c(c(-c3ccc4ccccc4c3)c3ccccc3c2-c2ccc3ccccc3c2)C1. The highest BCUT2D eigenvalue weighted by Crippen LogP contribution is 2.52. The van der Waals surface area contributed by atoms with Crippen molar-refractivity contribution in [3.8, 4) is 22.3 Å². The predicted octanol–water partition coefficient (Wildman–Crippen LogP) is 11.1. The van der Waals surface area contributed by atoms with Crippen molar-refractivity contribution in [2.75, 3.05) is 0 Å². The Morgan fingerprint density at radius 2 is 1.05 bits per heavy atom. The Kier molecular flexibility index (Phi) is 5.32. The second-order valence-electron chi connectivity index (χ2n) is 12.5. The summed E-state index contributed by atoms with van der Waals surface area (Å²) in [6.45, 7) is 9.57. The summed E-state index contributed by atoms with van der Waals surface area (Å²) >= 11 is 0. The van der Waals surface area contributed by atoms with E-state index in [1.807, 2.05) is 0 Å². The monoisotopic (exact) mass is 502 g/mol. The van der Waals surface area contributed by atoms with Gasteiger partial charge < -0.3 is 0 Å². The number of benzene rings is 6. The van der Waals surface area contributed by atoms with Gasteiger partial charge in [0.25, 0.3) is 0 Å². The van der Waals surface area contributed by atoms with Crippen LogP contribution in [0.5, 0.6) is 0 Å². The van der Waals surface area contributed by atoms with Crippen LogP contribution < -0.4 is 0 Å². The Balaban J connectivity index is 1.59. The molecule has 0 amide bonds. The van der Waals surface area contributed by atoms with E-state index in [0.29, 0.717) is 0 Å². The van der Waals surface area contributed by atoms with Gasteiger partial charge in [0.2, 0.25) is 0 Å². The summed E-state index contributed by atoms with van der Waals surface area (Å²) in [5.41, 5.74) is 8.35. The van der Waals surface area contributed by atoms with Gasteiger partial charge in [-0.25, -0.2) is 0 Å². The quantitative estimate of drug-likeness (QED) is 0.221. The lowest BCUT2D eigenvalue weighted by Crippen LogP contribution is -2.35. The summed E-state index contributed by atoms with van der Waals surface area (Å²) in [5, 5.41) is 7.79. The van der Waals surface area contributed by atoms with E-state index < -0.39 is 0 Å². The van der Waals surface area contributed by atoms with Crippen LogP contribution in [-0.4, -0.2) is 0 Å². The van der Waals surface area contributed by atoms with Crippen LogP contribution >= 0.6 is 0 Å². The zero-order valence-electron chi connectivity index (χ0n) is 23.3. The summed E-state index contributed by atoms with van der Waals surface area (Å²) in [4.78, 5) is 0. The first-order chi connectivity index (χ1) is 18.8. The minimum absolute atomic E-state index is 0.0503. The molecular weight excluding hydrogens is 468 g/mol. The number of allylic oxidation sites excluding steroid dienone is 1. The lowest BCUT2D eigenvalue weighted by molar-refractivity contribution is 0.167. The molecule has 0 aromatic heterocycles. The van der Waals surface area contributed by atoms with Crippen molar-refractivity contribution in [3.63, 3.8) is 0 Å². The van der Waals surface area contributed by atoms with E-state index in [-0.39, 0.29) is 10.8 Å². The van der Waals surface area contributed by atoms with Crippen molar-refractivity contribution < 1.29 is 0 Å². The first-order valence-corrected chi connectivity index (χ1v) is 14.1. The molecule has 190 valence electrons. The zero-order chi connectivity index (χ0) is 26.8. The van der Waals surface area contributed by atoms with E-state index in [0.717, 1.165) is 6.42 Å². The molecule has 7 rings (SSSR count). The Labute approximate surface area is 231 Å². The molecule has 0 bridgehead atoms. The molecule has 0 heteroatoms. The first kappa shape index (κ1) is 23.9. The van der Waals surface area contributed by atoms with Crippen LogP contribution in [0.4, 0.5) is 0 Å². The van der Waals surface area contributed by atoms with Crippen LogP contribution in [0.2, 0.25) is 0 Å². The topological polar surface area (TPSA) is 0 Å². The lowest BCUT2D eigenvalue weighted by Gasteiger charge is -2.43. The maximum Gasteiger partial charge on any atom is -0.00295 e. The first-order valence-electron chi connectivity index (χ1n) is 14.1. The van der Waals surface area contributed by atoms with E-state index in [1.54, 1.807) is 0 Å². The third-order valence-electron chi connectivity index (χ3n) is 9.31. The van der Waals surface area contributed by atoms with Gasteiger partial charge in [0.1, 0.15) is 0 Å². The van der Waals surface area contributed by atoms with Gasteiger partial charge in [-0.3, -0.25) is 0 Å². The Bertz CT molecular complexity index is 1930. The fourth-order valence-electron chi connectivity index (χ4n) is 6.42. The third-order valence-corrected chi connectivity index (χ3v) is 9.31. The largest absolute Gasteiger partial charge is 0.0771 e. The fraction of sp³-hybridized carbons (Fsp3) is 0.179. The molecule has 1 unspecified atom stereocenters. The third kappa shape index (κ3) is 3.81. The van der Waals surface area contributed by atoms with E-state index >= 15 is 0 Å². The molecule has 1 aliphatic carbocycles. The smallest absolute Gasteiger partial charge is 0.00295 e. The lowest BCUT2D eigenvalue weighted by atomic mass is 9.61. The molecule has 6 aromatic rings. The van der Waals surface area contributed by atoms with Crippen LogP contribution in [0.15, 0.2) is 115 Å². The van der Waals surface area contributed by atoms with Gasteiger partial charge in [0.15, 0.2) is 0 Å². The maximum absolute atomic E-state index is 2.48. The van der Waals surface area contributed by atoms with Crippen LogP contribution in [0.1, 0.15) is 38.8 Å². The molecule has 0 spiro atoms. The Hall–Kier alpha value is -4.16. The Morgan fingerprint density at radius 1 is 0.564 bits per heavy atom. The van der Waals surface area contributed by atoms with Gasteiger partial charge >= 0.3 is 0 Å². The Morgan fingerprint density at radius 3 is 1.62 bits per heavy atom. The molecule has 0 aliphatic heterocycles. The molecule has 39 heavy (non-hydrogen) atoms. The minimum atomic E-state index is 0.0503. The highest BCUT2D eigenvalue weighted by Gasteiger charge is 2.39. The average Bonchev–Trinajstić information content (AvgIpc) is 2.95. The van der Waals surface area contributed by atoms with Gasteiger partial charge in [0, 0.05) is 0 Å². The van der Waals surface area contributed by atoms with Crippen molar-refractivity contribution in [3.05, 3.63) is 126 Å². The summed E-state index contributed by atoms with van der Waals surface area (Å²) in [7, 11) is 0. The van der Waals surface area contributed by atoms with Crippen LogP contribution in [0.3, 0.4) is 0 Å². The van der Waals surface area contributed by atoms with Crippen LogP contribution in [-0.2, 0) is 6.42 Å². The molecule has 0 saturated carbocycles. The molecule has 0 fully saturated rings. The van der Waals surface area contributed by atoms with Crippen LogP contribution in [0.25, 0.3) is 60.6 Å².